The largest absolute Gasteiger partial charge is 0.490 e. The monoisotopic (exact) mass is 481 g/mol. The van der Waals surface area contributed by atoms with Gasteiger partial charge in [-0.2, -0.15) is 18.4 Å². The SMILES string of the molecule is N#Cc1cscc1NC(=O)c1ccc2cnc(N[C@@H]3CCCNC3)nn12.O=C(O)C(F)(F)F. The number of alkyl halides is 3. The average Bonchev–Trinajstić information content (AvgIpc) is 3.40. The summed E-state index contributed by atoms with van der Waals surface area (Å²) in [5, 5.41) is 33.5. The first-order valence-electron chi connectivity index (χ1n) is 9.59. The van der Waals surface area contributed by atoms with Gasteiger partial charge in [-0.15, -0.1) is 16.4 Å². The summed E-state index contributed by atoms with van der Waals surface area (Å²) in [6, 6.07) is 5.83. The molecule has 1 aliphatic heterocycles. The number of carbonyl (C=O) groups excluding carboxylic acids is 1. The fourth-order valence-corrected chi connectivity index (χ4v) is 3.67. The van der Waals surface area contributed by atoms with Gasteiger partial charge < -0.3 is 21.1 Å². The molecule has 4 rings (SSSR count). The van der Waals surface area contributed by atoms with Gasteiger partial charge >= 0.3 is 12.1 Å². The summed E-state index contributed by atoms with van der Waals surface area (Å²) < 4.78 is 33.3. The smallest absolute Gasteiger partial charge is 0.475 e. The summed E-state index contributed by atoms with van der Waals surface area (Å²) in [5.74, 6) is -2.58. The van der Waals surface area contributed by atoms with Gasteiger partial charge in [-0.25, -0.2) is 14.3 Å². The first kappa shape index (κ1) is 24.0. The highest BCUT2D eigenvalue weighted by Crippen LogP contribution is 2.21. The van der Waals surface area contributed by atoms with Gasteiger partial charge in [0.1, 0.15) is 11.8 Å². The Morgan fingerprint density at radius 3 is 2.73 bits per heavy atom. The molecule has 0 bridgehead atoms. The highest BCUT2D eigenvalue weighted by molar-refractivity contribution is 7.08. The minimum absolute atomic E-state index is 0.276. The van der Waals surface area contributed by atoms with E-state index in [2.05, 4.69) is 32.1 Å². The van der Waals surface area contributed by atoms with E-state index in [0.717, 1.165) is 31.4 Å². The molecular weight excluding hydrogens is 463 g/mol. The van der Waals surface area contributed by atoms with E-state index in [9.17, 15) is 18.0 Å². The maximum absolute atomic E-state index is 12.6. The molecule has 1 saturated heterocycles. The number of nitriles is 1. The molecule has 0 spiro atoms. The van der Waals surface area contributed by atoms with E-state index in [0.29, 0.717) is 22.9 Å². The Labute approximate surface area is 189 Å². The van der Waals surface area contributed by atoms with Crippen LogP contribution in [0.5, 0.6) is 0 Å². The highest BCUT2D eigenvalue weighted by Gasteiger charge is 2.38. The van der Waals surface area contributed by atoms with Gasteiger partial charge in [0.2, 0.25) is 5.95 Å². The first-order valence-corrected chi connectivity index (χ1v) is 10.5. The van der Waals surface area contributed by atoms with Crippen molar-refractivity contribution < 1.29 is 27.9 Å². The van der Waals surface area contributed by atoms with Gasteiger partial charge in [0.05, 0.1) is 23.0 Å². The number of carbonyl (C=O) groups is 2. The molecule has 0 unspecified atom stereocenters. The van der Waals surface area contributed by atoms with Crippen LogP contribution in [0, 0.1) is 11.3 Å². The lowest BCUT2D eigenvalue weighted by Gasteiger charge is -2.23. The second-order valence-electron chi connectivity index (χ2n) is 6.89. The number of aromatic nitrogens is 3. The second kappa shape index (κ2) is 10.3. The number of carboxylic acid groups (broad SMARTS) is 1. The number of nitrogens with one attached hydrogen (secondary N) is 3. The fourth-order valence-electron chi connectivity index (χ4n) is 2.96. The standard InChI is InChI=1S/C17H17N7OS.C2HF3O2/c18-6-11-9-26-10-14(11)22-16(25)15-4-3-13-8-20-17(23-24(13)15)21-12-2-1-5-19-7-12;3-2(4,5)1(6)7/h3-4,8-10,12,19H,1-2,5,7H2,(H,21,23)(H,22,25);(H,6,7)/t12-;/m1./s1. The van der Waals surface area contributed by atoms with E-state index in [-0.39, 0.29) is 11.9 Å². The van der Waals surface area contributed by atoms with Crippen molar-refractivity contribution in [3.05, 3.63) is 40.3 Å². The summed E-state index contributed by atoms with van der Waals surface area (Å²) in [7, 11) is 0. The number of nitrogens with zero attached hydrogens (tertiary/aromatic N) is 4. The van der Waals surface area contributed by atoms with Gasteiger partial charge in [-0.3, -0.25) is 4.79 Å². The average molecular weight is 481 g/mol. The van der Waals surface area contributed by atoms with Crippen LogP contribution in [0.25, 0.3) is 5.52 Å². The number of anilines is 2. The highest BCUT2D eigenvalue weighted by atomic mass is 32.1. The summed E-state index contributed by atoms with van der Waals surface area (Å²) in [6.07, 6.45) is -1.23. The molecule has 1 fully saturated rings. The predicted octanol–water partition coefficient (Wildman–Crippen LogP) is 2.71. The Kier molecular flexibility index (Phi) is 7.46. The Bertz CT molecular complexity index is 1180. The fraction of sp³-hybridized carbons (Fsp3) is 0.316. The van der Waals surface area contributed by atoms with Gasteiger partial charge in [-0.1, -0.05) is 0 Å². The summed E-state index contributed by atoms with van der Waals surface area (Å²) in [4.78, 5) is 25.9. The van der Waals surface area contributed by atoms with Gasteiger partial charge in [0, 0.05) is 23.3 Å². The van der Waals surface area contributed by atoms with E-state index in [4.69, 9.17) is 15.2 Å². The van der Waals surface area contributed by atoms with Crippen LogP contribution < -0.4 is 16.0 Å². The lowest BCUT2D eigenvalue weighted by molar-refractivity contribution is -0.192. The number of rotatable bonds is 4. The van der Waals surface area contributed by atoms with Crippen molar-refractivity contribution in [2.75, 3.05) is 23.7 Å². The van der Waals surface area contributed by atoms with Crippen molar-refractivity contribution in [3.8, 4) is 6.07 Å². The Morgan fingerprint density at radius 1 is 1.33 bits per heavy atom. The molecule has 174 valence electrons. The van der Waals surface area contributed by atoms with Crippen molar-refractivity contribution >= 4 is 40.4 Å². The third-order valence-electron chi connectivity index (χ3n) is 4.53. The van der Waals surface area contributed by atoms with Crippen LogP contribution in [0.2, 0.25) is 0 Å². The van der Waals surface area contributed by atoms with Crippen LogP contribution in [-0.4, -0.2) is 56.9 Å². The molecule has 0 saturated carbocycles. The van der Waals surface area contributed by atoms with Crippen molar-refractivity contribution in [2.24, 2.45) is 0 Å². The predicted molar refractivity (Wildman–Crippen MR) is 113 cm³/mol. The molecule has 33 heavy (non-hydrogen) atoms. The van der Waals surface area contributed by atoms with Crippen LogP contribution >= 0.6 is 11.3 Å². The number of thiophene rings is 1. The zero-order valence-electron chi connectivity index (χ0n) is 16.9. The van der Waals surface area contributed by atoms with Crippen molar-refractivity contribution in [1.82, 2.24) is 19.9 Å². The van der Waals surface area contributed by atoms with Gasteiger partial charge in [-0.05, 0) is 31.5 Å². The molecule has 0 radical (unpaired) electrons. The normalized spacial score (nSPS) is 15.8. The quantitative estimate of drug-likeness (QED) is 0.445. The van der Waals surface area contributed by atoms with E-state index in [1.807, 2.05) is 0 Å². The van der Waals surface area contributed by atoms with E-state index in [1.54, 1.807) is 33.6 Å². The van der Waals surface area contributed by atoms with Crippen LogP contribution in [0.3, 0.4) is 0 Å². The van der Waals surface area contributed by atoms with Crippen LogP contribution in [0.1, 0.15) is 28.9 Å². The van der Waals surface area contributed by atoms with E-state index in [1.165, 1.54) is 11.3 Å². The zero-order chi connectivity index (χ0) is 24.0. The zero-order valence-corrected chi connectivity index (χ0v) is 17.7. The number of piperidine rings is 1. The van der Waals surface area contributed by atoms with Crippen LogP contribution in [-0.2, 0) is 4.79 Å². The lowest BCUT2D eigenvalue weighted by Crippen LogP contribution is -2.39. The van der Waals surface area contributed by atoms with Crippen molar-refractivity contribution in [3.63, 3.8) is 0 Å². The van der Waals surface area contributed by atoms with Crippen LogP contribution in [0.4, 0.5) is 24.8 Å². The Balaban J connectivity index is 0.000000383. The summed E-state index contributed by atoms with van der Waals surface area (Å²) >= 11 is 1.37. The number of hydrogen-bond donors (Lipinski definition) is 4. The van der Waals surface area contributed by atoms with E-state index >= 15 is 0 Å². The van der Waals surface area contributed by atoms with Crippen molar-refractivity contribution in [2.45, 2.75) is 25.1 Å². The van der Waals surface area contributed by atoms with Crippen molar-refractivity contribution in [1.29, 1.82) is 5.26 Å². The molecule has 4 N–H and O–H groups in total. The minimum Gasteiger partial charge on any atom is -0.475 e. The lowest BCUT2D eigenvalue weighted by atomic mass is 10.1. The number of amides is 1. The number of carboxylic acids is 1. The maximum Gasteiger partial charge on any atom is 0.490 e. The second-order valence-corrected chi connectivity index (χ2v) is 7.64. The van der Waals surface area contributed by atoms with Gasteiger partial charge in [0.25, 0.3) is 5.91 Å². The number of fused-ring (bicyclic) bond motifs is 1. The van der Waals surface area contributed by atoms with E-state index < -0.39 is 12.1 Å². The molecule has 0 aliphatic carbocycles. The molecule has 3 aromatic heterocycles. The molecule has 1 amide bonds. The van der Waals surface area contributed by atoms with Gasteiger partial charge in [0.15, 0.2) is 0 Å². The van der Waals surface area contributed by atoms with Crippen LogP contribution in [0.15, 0.2) is 29.1 Å². The molecule has 4 heterocycles. The number of aliphatic carboxylic acids is 1. The third kappa shape index (κ3) is 6.18. The Morgan fingerprint density at radius 2 is 2.09 bits per heavy atom. The first-order chi connectivity index (χ1) is 15.7. The number of halogens is 3. The molecule has 0 aromatic carbocycles. The minimum atomic E-state index is -5.08. The third-order valence-corrected chi connectivity index (χ3v) is 5.28. The topological polar surface area (TPSA) is 144 Å². The Hall–Kier alpha value is -3.70. The molecule has 10 nitrogen and oxygen atoms in total. The molecule has 14 heteroatoms. The molecule has 1 aliphatic rings. The molecular formula is C19H18F3N7O3S. The summed E-state index contributed by atoms with van der Waals surface area (Å²) in [6.45, 7) is 1.91. The summed E-state index contributed by atoms with van der Waals surface area (Å²) in [5.41, 5.74) is 2.08. The molecule has 1 atom stereocenters. The number of hydrogen-bond acceptors (Lipinski definition) is 8. The maximum atomic E-state index is 12.6. The molecule has 3 aromatic rings.